The number of thioether (sulfide) groups is 1. The van der Waals surface area contributed by atoms with Crippen LogP contribution in [0.25, 0.3) is 0 Å². The van der Waals surface area contributed by atoms with Gasteiger partial charge in [-0.25, -0.2) is 4.79 Å². The number of nitrogens with zero attached hydrogens (tertiary/aromatic N) is 2. The van der Waals surface area contributed by atoms with Gasteiger partial charge in [0.1, 0.15) is 0 Å². The van der Waals surface area contributed by atoms with Gasteiger partial charge in [-0.1, -0.05) is 0 Å². The SMILES string of the molecule is CCOC(=O)c1noc(C2CCCS2)n1. The molecule has 15 heavy (non-hydrogen) atoms. The molecule has 0 spiro atoms. The molecule has 1 unspecified atom stereocenters. The van der Waals surface area contributed by atoms with E-state index in [1.807, 2.05) is 0 Å². The third kappa shape index (κ3) is 2.31. The maximum Gasteiger partial charge on any atom is 0.379 e. The maximum atomic E-state index is 11.3. The number of carbonyl (C=O) groups excluding carboxylic acids is 1. The summed E-state index contributed by atoms with van der Waals surface area (Å²) in [6.07, 6.45) is 2.20. The van der Waals surface area contributed by atoms with E-state index in [0.717, 1.165) is 18.6 Å². The topological polar surface area (TPSA) is 65.2 Å². The van der Waals surface area contributed by atoms with Gasteiger partial charge in [0.15, 0.2) is 0 Å². The minimum absolute atomic E-state index is 0.0272. The van der Waals surface area contributed by atoms with E-state index in [-0.39, 0.29) is 11.1 Å². The van der Waals surface area contributed by atoms with Gasteiger partial charge in [0.25, 0.3) is 5.82 Å². The van der Waals surface area contributed by atoms with E-state index in [4.69, 9.17) is 9.26 Å². The van der Waals surface area contributed by atoms with Crippen molar-refractivity contribution in [3.05, 3.63) is 11.7 Å². The number of ether oxygens (including phenoxy) is 1. The van der Waals surface area contributed by atoms with E-state index < -0.39 is 5.97 Å². The van der Waals surface area contributed by atoms with E-state index >= 15 is 0 Å². The monoisotopic (exact) mass is 228 g/mol. The first-order chi connectivity index (χ1) is 7.31. The number of hydrogen-bond donors (Lipinski definition) is 0. The van der Waals surface area contributed by atoms with Gasteiger partial charge in [-0.15, -0.1) is 11.8 Å². The average molecular weight is 228 g/mol. The first kappa shape index (κ1) is 10.5. The van der Waals surface area contributed by atoms with Crippen molar-refractivity contribution in [3.8, 4) is 0 Å². The van der Waals surface area contributed by atoms with E-state index in [9.17, 15) is 4.79 Å². The van der Waals surface area contributed by atoms with Crippen LogP contribution in [0.5, 0.6) is 0 Å². The van der Waals surface area contributed by atoms with Crippen LogP contribution in [0.1, 0.15) is 41.5 Å². The summed E-state index contributed by atoms with van der Waals surface area (Å²) in [6, 6.07) is 0. The molecule has 1 aliphatic rings. The highest BCUT2D eigenvalue weighted by Gasteiger charge is 2.25. The van der Waals surface area contributed by atoms with Gasteiger partial charge >= 0.3 is 5.97 Å². The van der Waals surface area contributed by atoms with Gasteiger partial charge < -0.3 is 9.26 Å². The molecule has 0 bridgehead atoms. The smallest absolute Gasteiger partial charge is 0.379 e. The van der Waals surface area contributed by atoms with Crippen LogP contribution in [0.15, 0.2) is 4.52 Å². The van der Waals surface area contributed by atoms with Gasteiger partial charge in [0, 0.05) is 0 Å². The lowest BCUT2D eigenvalue weighted by molar-refractivity contribution is 0.0508. The molecular formula is C9H12N2O3S. The molecule has 6 heteroatoms. The molecule has 1 fully saturated rings. The first-order valence-corrected chi connectivity index (χ1v) is 5.98. The van der Waals surface area contributed by atoms with Gasteiger partial charge in [0.05, 0.1) is 11.9 Å². The molecule has 5 nitrogen and oxygen atoms in total. The fraction of sp³-hybridized carbons (Fsp3) is 0.667. The summed E-state index contributed by atoms with van der Waals surface area (Å²) in [6.45, 7) is 2.06. The molecule has 1 aliphatic heterocycles. The zero-order valence-electron chi connectivity index (χ0n) is 8.43. The minimum atomic E-state index is -0.518. The lowest BCUT2D eigenvalue weighted by Gasteiger charge is -1.98. The minimum Gasteiger partial charge on any atom is -0.460 e. The van der Waals surface area contributed by atoms with Crippen LogP contribution < -0.4 is 0 Å². The van der Waals surface area contributed by atoms with Crippen molar-refractivity contribution >= 4 is 17.7 Å². The largest absolute Gasteiger partial charge is 0.460 e. The highest BCUT2D eigenvalue weighted by Crippen LogP contribution is 2.38. The molecule has 1 aromatic rings. The Balaban J connectivity index is 2.06. The summed E-state index contributed by atoms with van der Waals surface area (Å²) in [5, 5.41) is 3.86. The van der Waals surface area contributed by atoms with Crippen molar-refractivity contribution in [2.45, 2.75) is 25.0 Å². The molecule has 0 amide bonds. The number of carbonyl (C=O) groups is 1. The highest BCUT2D eigenvalue weighted by atomic mass is 32.2. The van der Waals surface area contributed by atoms with Crippen molar-refractivity contribution in [1.82, 2.24) is 10.1 Å². The van der Waals surface area contributed by atoms with Crippen LogP contribution in [0, 0.1) is 0 Å². The van der Waals surface area contributed by atoms with Gasteiger partial charge in [0.2, 0.25) is 5.89 Å². The lowest BCUT2D eigenvalue weighted by Crippen LogP contribution is -2.06. The Morgan fingerprint density at radius 2 is 2.60 bits per heavy atom. The van der Waals surface area contributed by atoms with Gasteiger partial charge in [-0.05, 0) is 30.7 Å². The van der Waals surface area contributed by atoms with Gasteiger partial charge in [-0.3, -0.25) is 0 Å². The second-order valence-corrected chi connectivity index (χ2v) is 4.49. The quantitative estimate of drug-likeness (QED) is 0.735. The summed E-state index contributed by atoms with van der Waals surface area (Å²) in [5.74, 6) is 1.16. The van der Waals surface area contributed by atoms with Crippen molar-refractivity contribution in [3.63, 3.8) is 0 Å². The second-order valence-electron chi connectivity index (χ2n) is 3.18. The molecule has 2 heterocycles. The summed E-state index contributed by atoms with van der Waals surface area (Å²) in [4.78, 5) is 15.3. The Labute approximate surface area is 91.6 Å². The van der Waals surface area contributed by atoms with Crippen LogP contribution >= 0.6 is 11.8 Å². The van der Waals surface area contributed by atoms with Crippen LogP contribution in [-0.2, 0) is 4.74 Å². The standard InChI is InChI=1S/C9H12N2O3S/c1-2-13-9(12)7-10-8(14-11-7)6-4-3-5-15-6/h6H,2-5H2,1H3. The molecule has 82 valence electrons. The van der Waals surface area contributed by atoms with Gasteiger partial charge in [-0.2, -0.15) is 4.98 Å². The normalized spacial score (nSPS) is 20.5. The Kier molecular flexibility index (Phi) is 3.25. The van der Waals surface area contributed by atoms with E-state index in [1.165, 1.54) is 0 Å². The van der Waals surface area contributed by atoms with Crippen molar-refractivity contribution in [2.75, 3.05) is 12.4 Å². The van der Waals surface area contributed by atoms with E-state index in [0.29, 0.717) is 12.5 Å². The predicted molar refractivity (Wildman–Crippen MR) is 54.7 cm³/mol. The fourth-order valence-corrected chi connectivity index (χ4v) is 2.61. The molecule has 0 aromatic carbocycles. The average Bonchev–Trinajstić information content (AvgIpc) is 2.89. The molecule has 1 saturated heterocycles. The Bertz CT molecular complexity index is 347. The van der Waals surface area contributed by atoms with Crippen LogP contribution in [0.3, 0.4) is 0 Å². The molecule has 0 saturated carbocycles. The zero-order chi connectivity index (χ0) is 10.7. The van der Waals surface area contributed by atoms with Crippen molar-refractivity contribution in [1.29, 1.82) is 0 Å². The highest BCUT2D eigenvalue weighted by molar-refractivity contribution is 7.99. The third-order valence-corrected chi connectivity index (χ3v) is 3.47. The maximum absolute atomic E-state index is 11.3. The first-order valence-electron chi connectivity index (χ1n) is 4.93. The Hall–Kier alpha value is -1.04. The lowest BCUT2D eigenvalue weighted by atomic mass is 10.2. The van der Waals surface area contributed by atoms with E-state index in [1.54, 1.807) is 18.7 Å². The number of esters is 1. The summed E-state index contributed by atoms with van der Waals surface area (Å²) >= 11 is 1.79. The number of hydrogen-bond acceptors (Lipinski definition) is 6. The summed E-state index contributed by atoms with van der Waals surface area (Å²) in [7, 11) is 0. The number of aromatic nitrogens is 2. The Morgan fingerprint density at radius 1 is 1.73 bits per heavy atom. The Morgan fingerprint density at radius 3 is 3.27 bits per heavy atom. The molecule has 0 radical (unpaired) electrons. The second kappa shape index (κ2) is 4.65. The van der Waals surface area contributed by atoms with Crippen molar-refractivity contribution in [2.24, 2.45) is 0 Å². The van der Waals surface area contributed by atoms with Crippen molar-refractivity contribution < 1.29 is 14.1 Å². The molecule has 1 aromatic heterocycles. The molecule has 0 aliphatic carbocycles. The zero-order valence-corrected chi connectivity index (χ0v) is 9.25. The number of rotatable bonds is 3. The summed E-state index contributed by atoms with van der Waals surface area (Å²) in [5.41, 5.74) is 0. The summed E-state index contributed by atoms with van der Waals surface area (Å²) < 4.78 is 9.81. The molecule has 1 atom stereocenters. The molecule has 2 rings (SSSR count). The van der Waals surface area contributed by atoms with Crippen LogP contribution in [0.4, 0.5) is 0 Å². The molecular weight excluding hydrogens is 216 g/mol. The van der Waals surface area contributed by atoms with E-state index in [2.05, 4.69) is 10.1 Å². The van der Waals surface area contributed by atoms with Crippen LogP contribution in [0.2, 0.25) is 0 Å². The van der Waals surface area contributed by atoms with Crippen LogP contribution in [-0.4, -0.2) is 28.5 Å². The predicted octanol–water partition coefficient (Wildman–Crippen LogP) is 1.81. The fourth-order valence-electron chi connectivity index (χ4n) is 1.42. The third-order valence-electron chi connectivity index (χ3n) is 2.10. The molecule has 0 N–H and O–H groups in total.